The first-order chi connectivity index (χ1) is 8.82. The number of hydrogen-bond donors (Lipinski definition) is 2. The normalized spacial score (nSPS) is 9.68. The summed E-state index contributed by atoms with van der Waals surface area (Å²) < 4.78 is 9.06. The van der Waals surface area contributed by atoms with E-state index in [-0.39, 0.29) is 31.8 Å². The summed E-state index contributed by atoms with van der Waals surface area (Å²) in [5.74, 6) is -0.953. The van der Waals surface area contributed by atoms with Crippen LogP contribution in [0.5, 0.6) is 0 Å². The number of carbonyl (C=O) groups excluding carboxylic acids is 2. The standard InChI is InChI=1S/C8H14O3.C5H8O3/c1-4-7(10)11-6-8(2,3)5-9;1-2-5(7)8-4-3-6/h4,9H,1,5-6H2,2-3H3;2,6H,1,3-4H2. The minimum Gasteiger partial charge on any atom is -0.462 e. The summed E-state index contributed by atoms with van der Waals surface area (Å²) in [6.45, 7) is 10.1. The molecule has 0 saturated heterocycles. The van der Waals surface area contributed by atoms with E-state index in [0.717, 1.165) is 12.2 Å². The Kier molecular flexibility index (Phi) is 11.8. The Labute approximate surface area is 113 Å². The minimum atomic E-state index is -0.501. The van der Waals surface area contributed by atoms with Gasteiger partial charge in [0.15, 0.2) is 0 Å². The van der Waals surface area contributed by atoms with Crippen LogP contribution in [-0.2, 0) is 19.1 Å². The van der Waals surface area contributed by atoms with Crippen molar-refractivity contribution in [2.24, 2.45) is 5.41 Å². The third kappa shape index (κ3) is 14.3. The molecule has 0 heterocycles. The van der Waals surface area contributed by atoms with E-state index < -0.39 is 11.9 Å². The summed E-state index contributed by atoms with van der Waals surface area (Å²) in [6, 6.07) is 0. The van der Waals surface area contributed by atoms with Gasteiger partial charge in [-0.2, -0.15) is 0 Å². The SMILES string of the molecule is C=CC(=O)OCC(C)(C)CO.C=CC(=O)OCCO. The topological polar surface area (TPSA) is 93.1 Å². The second kappa shape index (κ2) is 11.4. The summed E-state index contributed by atoms with van der Waals surface area (Å²) in [6.07, 6.45) is 2.16. The summed E-state index contributed by atoms with van der Waals surface area (Å²) in [5.41, 5.74) is -0.362. The molecule has 0 bridgehead atoms. The third-order valence-corrected chi connectivity index (χ3v) is 1.70. The molecule has 0 aliphatic rings. The lowest BCUT2D eigenvalue weighted by atomic mass is 9.97. The molecule has 110 valence electrons. The number of aliphatic hydroxyl groups excluding tert-OH is 2. The molecule has 0 rings (SSSR count). The molecule has 0 spiro atoms. The highest BCUT2D eigenvalue weighted by Gasteiger charge is 2.17. The number of hydrogen-bond acceptors (Lipinski definition) is 6. The van der Waals surface area contributed by atoms with Gasteiger partial charge in [0.25, 0.3) is 0 Å². The smallest absolute Gasteiger partial charge is 0.330 e. The molecule has 0 aromatic heterocycles. The molecule has 0 fully saturated rings. The highest BCUT2D eigenvalue weighted by molar-refractivity contribution is 5.81. The Morgan fingerprint density at radius 2 is 1.58 bits per heavy atom. The van der Waals surface area contributed by atoms with Crippen LogP contribution in [0.3, 0.4) is 0 Å². The molecular weight excluding hydrogens is 252 g/mol. The van der Waals surface area contributed by atoms with E-state index in [1.54, 1.807) is 0 Å². The summed E-state index contributed by atoms with van der Waals surface area (Å²) in [7, 11) is 0. The number of rotatable bonds is 7. The van der Waals surface area contributed by atoms with Gasteiger partial charge in [-0.15, -0.1) is 0 Å². The molecule has 0 amide bonds. The number of esters is 2. The third-order valence-electron chi connectivity index (χ3n) is 1.70. The number of carbonyl (C=O) groups is 2. The average Bonchev–Trinajstić information content (AvgIpc) is 2.42. The van der Waals surface area contributed by atoms with Crippen molar-refractivity contribution in [3.63, 3.8) is 0 Å². The molecule has 2 N–H and O–H groups in total. The molecular formula is C13H22O6. The van der Waals surface area contributed by atoms with Crippen LogP contribution in [-0.4, -0.2) is 48.6 Å². The Bertz CT molecular complexity index is 296. The van der Waals surface area contributed by atoms with Crippen molar-refractivity contribution in [3.8, 4) is 0 Å². The van der Waals surface area contributed by atoms with Crippen molar-refractivity contribution < 1.29 is 29.3 Å². The van der Waals surface area contributed by atoms with Gasteiger partial charge in [0.1, 0.15) is 6.61 Å². The molecule has 0 aliphatic carbocycles. The average molecular weight is 274 g/mol. The van der Waals surface area contributed by atoms with Gasteiger partial charge in [0.05, 0.1) is 19.8 Å². The van der Waals surface area contributed by atoms with Crippen LogP contribution < -0.4 is 0 Å². The van der Waals surface area contributed by atoms with Crippen LogP contribution in [0.4, 0.5) is 0 Å². The lowest BCUT2D eigenvalue weighted by molar-refractivity contribution is -0.141. The maximum Gasteiger partial charge on any atom is 0.330 e. The summed E-state index contributed by atoms with van der Waals surface area (Å²) >= 11 is 0. The van der Waals surface area contributed by atoms with E-state index >= 15 is 0 Å². The molecule has 0 saturated carbocycles. The Balaban J connectivity index is 0. The minimum absolute atomic E-state index is 0.00256. The molecule has 0 atom stereocenters. The van der Waals surface area contributed by atoms with Crippen molar-refractivity contribution in [2.75, 3.05) is 26.4 Å². The molecule has 19 heavy (non-hydrogen) atoms. The van der Waals surface area contributed by atoms with E-state index in [1.807, 2.05) is 13.8 Å². The zero-order valence-electron chi connectivity index (χ0n) is 11.4. The van der Waals surface area contributed by atoms with Gasteiger partial charge < -0.3 is 19.7 Å². The molecule has 0 aromatic carbocycles. The Morgan fingerprint density at radius 1 is 1.11 bits per heavy atom. The fourth-order valence-corrected chi connectivity index (χ4v) is 0.576. The van der Waals surface area contributed by atoms with Crippen LogP contribution in [0.15, 0.2) is 25.3 Å². The van der Waals surface area contributed by atoms with Crippen LogP contribution in [0.1, 0.15) is 13.8 Å². The highest BCUT2D eigenvalue weighted by atomic mass is 16.5. The zero-order chi connectivity index (χ0) is 15.3. The second-order valence-electron chi connectivity index (χ2n) is 4.23. The molecule has 0 aromatic rings. The zero-order valence-corrected chi connectivity index (χ0v) is 11.4. The Morgan fingerprint density at radius 3 is 1.95 bits per heavy atom. The van der Waals surface area contributed by atoms with E-state index in [0.29, 0.717) is 0 Å². The van der Waals surface area contributed by atoms with Crippen LogP contribution in [0.25, 0.3) is 0 Å². The van der Waals surface area contributed by atoms with Crippen molar-refractivity contribution in [1.29, 1.82) is 0 Å². The van der Waals surface area contributed by atoms with Crippen LogP contribution in [0, 0.1) is 5.41 Å². The Hall–Kier alpha value is -1.66. The predicted molar refractivity (Wildman–Crippen MR) is 70.3 cm³/mol. The quantitative estimate of drug-likeness (QED) is 0.517. The van der Waals surface area contributed by atoms with Crippen LogP contribution in [0.2, 0.25) is 0 Å². The van der Waals surface area contributed by atoms with Crippen molar-refractivity contribution in [3.05, 3.63) is 25.3 Å². The van der Waals surface area contributed by atoms with Crippen molar-refractivity contribution >= 4 is 11.9 Å². The first kappa shape index (κ1) is 19.7. The molecule has 6 nitrogen and oxygen atoms in total. The van der Waals surface area contributed by atoms with E-state index in [9.17, 15) is 9.59 Å². The van der Waals surface area contributed by atoms with E-state index in [2.05, 4.69) is 17.9 Å². The first-order valence-electron chi connectivity index (χ1n) is 5.63. The highest BCUT2D eigenvalue weighted by Crippen LogP contribution is 2.13. The van der Waals surface area contributed by atoms with Gasteiger partial charge in [-0.05, 0) is 0 Å². The lowest BCUT2D eigenvalue weighted by Crippen LogP contribution is -2.24. The largest absolute Gasteiger partial charge is 0.462 e. The molecule has 0 radical (unpaired) electrons. The number of ether oxygens (including phenoxy) is 2. The molecule has 6 heteroatoms. The van der Waals surface area contributed by atoms with Gasteiger partial charge in [0.2, 0.25) is 0 Å². The van der Waals surface area contributed by atoms with E-state index in [1.165, 1.54) is 0 Å². The lowest BCUT2D eigenvalue weighted by Gasteiger charge is -2.20. The van der Waals surface area contributed by atoms with Gasteiger partial charge in [-0.25, -0.2) is 9.59 Å². The fraction of sp³-hybridized carbons (Fsp3) is 0.538. The molecule has 0 unspecified atom stereocenters. The predicted octanol–water partition coefficient (Wildman–Crippen LogP) is 0.442. The second-order valence-corrected chi connectivity index (χ2v) is 4.23. The van der Waals surface area contributed by atoms with Crippen molar-refractivity contribution in [2.45, 2.75) is 13.8 Å². The maximum absolute atomic E-state index is 10.6. The molecule has 0 aliphatic heterocycles. The first-order valence-corrected chi connectivity index (χ1v) is 5.63. The summed E-state index contributed by atoms with van der Waals surface area (Å²) in [5, 5.41) is 16.9. The number of aliphatic hydroxyl groups is 2. The van der Waals surface area contributed by atoms with Crippen LogP contribution >= 0.6 is 0 Å². The van der Waals surface area contributed by atoms with Gasteiger partial charge in [0, 0.05) is 17.6 Å². The van der Waals surface area contributed by atoms with Gasteiger partial charge >= 0.3 is 11.9 Å². The van der Waals surface area contributed by atoms with Crippen molar-refractivity contribution in [1.82, 2.24) is 0 Å². The maximum atomic E-state index is 10.6. The monoisotopic (exact) mass is 274 g/mol. The summed E-state index contributed by atoms with van der Waals surface area (Å²) in [4.78, 5) is 20.7. The fourth-order valence-electron chi connectivity index (χ4n) is 0.576. The van der Waals surface area contributed by atoms with Gasteiger partial charge in [-0.3, -0.25) is 0 Å². The van der Waals surface area contributed by atoms with E-state index in [4.69, 9.17) is 14.9 Å². The van der Waals surface area contributed by atoms with Gasteiger partial charge in [-0.1, -0.05) is 27.0 Å².